The smallest absolute Gasteiger partial charge is 0.270 e. The summed E-state index contributed by atoms with van der Waals surface area (Å²) in [6, 6.07) is 21.5. The molecule has 0 aliphatic carbocycles. The summed E-state index contributed by atoms with van der Waals surface area (Å²) in [5, 5.41) is 23.2. The maximum absolute atomic E-state index is 10.6. The van der Waals surface area contributed by atoms with E-state index >= 15 is 0 Å². The Labute approximate surface area is 144 Å². The topological polar surface area (TPSA) is 75.4 Å². The monoisotopic (exact) mass is 352 g/mol. The van der Waals surface area contributed by atoms with Gasteiger partial charge in [-0.1, -0.05) is 5.69 Å². The normalized spacial score (nSPS) is 9.22. The number of rotatable bonds is 4. The Morgan fingerprint density at radius 2 is 1.70 bits per heavy atom. The van der Waals surface area contributed by atoms with Crippen molar-refractivity contribution < 1.29 is 27.1 Å². The molecule has 126 valence electrons. The van der Waals surface area contributed by atoms with E-state index in [4.69, 9.17) is 0 Å². The van der Waals surface area contributed by atoms with Gasteiger partial charge in [0.25, 0.3) is 5.69 Å². The number of hydrogen-bond acceptors (Lipinski definition) is 4. The summed E-state index contributed by atoms with van der Waals surface area (Å²) in [6.07, 6.45) is 0. The van der Waals surface area contributed by atoms with Crippen LogP contribution in [0, 0.1) is 10.1 Å². The van der Waals surface area contributed by atoms with E-state index in [0.717, 1.165) is 5.69 Å². The fourth-order valence-corrected chi connectivity index (χ4v) is 1.84. The molecule has 2 N–H and O–H groups in total. The van der Waals surface area contributed by atoms with Crippen LogP contribution in [0.3, 0.4) is 0 Å². The molecule has 23 heavy (non-hydrogen) atoms. The van der Waals surface area contributed by atoms with E-state index in [1.807, 2.05) is 54.6 Å². The number of nitrogens with zero attached hydrogens (tertiary/aromatic N) is 1. The van der Waals surface area contributed by atoms with E-state index in [9.17, 15) is 15.2 Å². The molecular formula is C17H16FeN2O3-6. The fourth-order valence-electron chi connectivity index (χ4n) is 1.84. The molecule has 0 unspecified atom stereocenters. The molecule has 6 heteroatoms. The quantitative estimate of drug-likeness (QED) is 0.322. The molecular weight excluding hydrogens is 336 g/mol. The minimum atomic E-state index is -0.481. The summed E-state index contributed by atoms with van der Waals surface area (Å²) in [5.74, 6) is 0.0506. The van der Waals surface area contributed by atoms with Crippen LogP contribution in [-0.2, 0) is 23.6 Å². The Balaban J connectivity index is 0.000000377. The summed E-state index contributed by atoms with van der Waals surface area (Å²) in [7, 11) is 0. The number of anilines is 1. The van der Waals surface area contributed by atoms with E-state index < -0.39 is 4.92 Å². The molecule has 0 fully saturated rings. The second-order valence-corrected chi connectivity index (χ2v) is 4.56. The second kappa shape index (κ2) is 9.46. The molecule has 0 spiro atoms. The van der Waals surface area contributed by atoms with Crippen molar-refractivity contribution in [2.24, 2.45) is 0 Å². The van der Waals surface area contributed by atoms with Gasteiger partial charge in [-0.2, -0.15) is 12.1 Å². The Hall–Kier alpha value is -2.56. The molecule has 0 amide bonds. The molecule has 0 heterocycles. The van der Waals surface area contributed by atoms with E-state index in [1.54, 1.807) is 0 Å². The molecule has 0 aliphatic heterocycles. The van der Waals surface area contributed by atoms with Gasteiger partial charge in [0.1, 0.15) is 5.75 Å². The minimum Gasteiger partial charge on any atom is -0.748 e. The first-order valence-corrected chi connectivity index (χ1v) is 6.75. The van der Waals surface area contributed by atoms with Crippen molar-refractivity contribution in [3.05, 3.63) is 88.5 Å². The summed E-state index contributed by atoms with van der Waals surface area (Å²) in [6.45, 7) is 0.345. The second-order valence-electron chi connectivity index (χ2n) is 4.56. The average molecular weight is 352 g/mol. The Morgan fingerprint density at radius 3 is 2.22 bits per heavy atom. The summed E-state index contributed by atoms with van der Waals surface area (Å²) in [4.78, 5) is 10.1. The van der Waals surface area contributed by atoms with Gasteiger partial charge in [0.05, 0.1) is 4.92 Å². The standard InChI is InChI=1S/C12H11N2O3.C5H5.Fe/c15-12-6-5-11(14(16)17)7-9(12)8-13-10-3-1-2-4-10;1-2-4-5-3-1;/h1-7,13,15H,8H2;1-5H;/q-1;-5;. The Kier molecular flexibility index (Phi) is 7.60. The molecule has 3 aromatic carbocycles. The van der Waals surface area contributed by atoms with E-state index in [0.29, 0.717) is 12.1 Å². The van der Waals surface area contributed by atoms with Crippen LogP contribution in [0.25, 0.3) is 0 Å². The predicted molar refractivity (Wildman–Crippen MR) is 86.2 cm³/mol. The third-order valence-corrected chi connectivity index (χ3v) is 2.98. The SMILES string of the molecule is O=[N+]([O-])c1ccc(O)c(CN[c-]2cccc2)c1.[Fe].[cH-]1[cH-][cH-][cH-][cH-]1. The van der Waals surface area contributed by atoms with Gasteiger partial charge in [-0.15, -0.1) is 0 Å². The summed E-state index contributed by atoms with van der Waals surface area (Å²) < 4.78 is 0. The third kappa shape index (κ3) is 5.98. The van der Waals surface area contributed by atoms with E-state index in [2.05, 4.69) is 5.32 Å². The third-order valence-electron chi connectivity index (χ3n) is 2.98. The number of nitro benzene ring substituents is 1. The van der Waals surface area contributed by atoms with Gasteiger partial charge in [-0.05, 0) is 6.07 Å². The molecule has 3 rings (SSSR count). The number of nitro groups is 1. The van der Waals surface area contributed by atoms with Gasteiger partial charge < -0.3 is 40.8 Å². The molecule has 0 aromatic heterocycles. The molecule has 0 radical (unpaired) electrons. The van der Waals surface area contributed by atoms with Gasteiger partial charge >= 0.3 is 0 Å². The molecule has 0 saturated heterocycles. The molecule has 0 atom stereocenters. The zero-order valence-electron chi connectivity index (χ0n) is 12.2. The zero-order valence-corrected chi connectivity index (χ0v) is 13.3. The molecule has 0 bridgehead atoms. The van der Waals surface area contributed by atoms with Crippen molar-refractivity contribution in [1.29, 1.82) is 0 Å². The fraction of sp³-hybridized carbons (Fsp3) is 0.0588. The molecule has 5 nitrogen and oxygen atoms in total. The van der Waals surface area contributed by atoms with Gasteiger partial charge in [-0.25, -0.2) is 12.1 Å². The van der Waals surface area contributed by atoms with Crippen LogP contribution in [0.5, 0.6) is 5.75 Å². The first-order chi connectivity index (χ1) is 10.7. The van der Waals surface area contributed by atoms with Crippen molar-refractivity contribution in [3.8, 4) is 5.75 Å². The largest absolute Gasteiger partial charge is 0.748 e. The van der Waals surface area contributed by atoms with Crippen LogP contribution in [0.15, 0.2) is 72.8 Å². The average Bonchev–Trinajstić information content (AvgIpc) is 3.22. The van der Waals surface area contributed by atoms with Crippen LogP contribution < -0.4 is 5.32 Å². The molecule has 0 aliphatic rings. The summed E-state index contributed by atoms with van der Waals surface area (Å²) in [5.41, 5.74) is 1.39. The predicted octanol–water partition coefficient (Wildman–Crippen LogP) is 4.03. The Morgan fingerprint density at radius 1 is 1.13 bits per heavy atom. The van der Waals surface area contributed by atoms with Crippen LogP contribution in [-0.4, -0.2) is 10.0 Å². The summed E-state index contributed by atoms with van der Waals surface area (Å²) >= 11 is 0. The van der Waals surface area contributed by atoms with Crippen molar-refractivity contribution >= 4 is 11.4 Å². The number of phenols is 1. The van der Waals surface area contributed by atoms with Crippen molar-refractivity contribution in [2.75, 3.05) is 5.32 Å². The number of non-ortho nitro benzene ring substituents is 1. The van der Waals surface area contributed by atoms with Gasteiger partial charge in [-0.3, -0.25) is 10.1 Å². The van der Waals surface area contributed by atoms with Crippen molar-refractivity contribution in [2.45, 2.75) is 6.54 Å². The molecule has 0 saturated carbocycles. The van der Waals surface area contributed by atoms with Crippen molar-refractivity contribution in [1.82, 2.24) is 0 Å². The number of hydrogen-bond donors (Lipinski definition) is 2. The van der Waals surface area contributed by atoms with Crippen LogP contribution >= 0.6 is 0 Å². The molecule has 3 aromatic rings. The Bertz CT molecular complexity index is 677. The van der Waals surface area contributed by atoms with Crippen LogP contribution in [0.4, 0.5) is 11.4 Å². The van der Waals surface area contributed by atoms with Gasteiger partial charge in [0, 0.05) is 41.3 Å². The zero-order chi connectivity index (χ0) is 15.8. The number of nitrogens with one attached hydrogen (secondary N) is 1. The first-order valence-electron chi connectivity index (χ1n) is 6.75. The minimum absolute atomic E-state index is 0. The van der Waals surface area contributed by atoms with Gasteiger partial charge in [0.2, 0.25) is 0 Å². The maximum Gasteiger partial charge on any atom is 0.270 e. The van der Waals surface area contributed by atoms with Gasteiger partial charge in [0.15, 0.2) is 0 Å². The van der Waals surface area contributed by atoms with Crippen molar-refractivity contribution in [3.63, 3.8) is 0 Å². The number of aromatic hydroxyl groups is 1. The van der Waals surface area contributed by atoms with E-state index in [-0.39, 0.29) is 28.5 Å². The number of benzene rings is 1. The maximum atomic E-state index is 10.6. The van der Waals surface area contributed by atoms with Crippen LogP contribution in [0.2, 0.25) is 0 Å². The number of phenolic OH excluding ortho intramolecular Hbond substituents is 1. The van der Waals surface area contributed by atoms with E-state index in [1.165, 1.54) is 18.2 Å². The van der Waals surface area contributed by atoms with Crippen LogP contribution in [0.1, 0.15) is 5.56 Å². The first kappa shape index (κ1) is 18.5.